The van der Waals surface area contributed by atoms with E-state index in [2.05, 4.69) is 47.7 Å². The van der Waals surface area contributed by atoms with Gasteiger partial charge in [0.25, 0.3) is 5.91 Å². The Balaban J connectivity index is 1.69. The van der Waals surface area contributed by atoms with Crippen molar-refractivity contribution >= 4 is 17.3 Å². The number of anilines is 2. The van der Waals surface area contributed by atoms with Gasteiger partial charge in [0.2, 0.25) is 0 Å². The molecule has 4 heteroatoms. The second-order valence-electron chi connectivity index (χ2n) is 6.54. The van der Waals surface area contributed by atoms with Crippen molar-refractivity contribution in [1.29, 1.82) is 0 Å². The van der Waals surface area contributed by atoms with Gasteiger partial charge in [0, 0.05) is 24.1 Å². The first-order chi connectivity index (χ1) is 12.5. The number of rotatable bonds is 5. The summed E-state index contributed by atoms with van der Waals surface area (Å²) in [5.74, 6) is -0.184. The Labute approximate surface area is 154 Å². The molecule has 3 aromatic rings. The summed E-state index contributed by atoms with van der Waals surface area (Å²) in [6.07, 6.45) is 1.65. The van der Waals surface area contributed by atoms with E-state index in [1.807, 2.05) is 37.3 Å². The van der Waals surface area contributed by atoms with Gasteiger partial charge >= 0.3 is 0 Å². The highest BCUT2D eigenvalue weighted by Crippen LogP contribution is 2.21. The fourth-order valence-corrected chi connectivity index (χ4v) is 2.84. The molecule has 0 radical (unpaired) electrons. The van der Waals surface area contributed by atoms with E-state index in [0.717, 1.165) is 22.5 Å². The molecule has 4 nitrogen and oxygen atoms in total. The average molecular weight is 345 g/mol. The van der Waals surface area contributed by atoms with Crippen LogP contribution in [0, 0.1) is 20.8 Å². The highest BCUT2D eigenvalue weighted by Gasteiger charge is 2.08. The fraction of sp³-hybridized carbons (Fsp3) is 0.182. The Bertz CT molecular complexity index is 934. The normalized spacial score (nSPS) is 10.4. The van der Waals surface area contributed by atoms with Crippen molar-refractivity contribution in [1.82, 2.24) is 10.3 Å². The highest BCUT2D eigenvalue weighted by atomic mass is 16.1. The third kappa shape index (κ3) is 4.48. The maximum atomic E-state index is 12.4. The molecule has 3 rings (SSSR count). The summed E-state index contributed by atoms with van der Waals surface area (Å²) < 4.78 is 0. The number of aryl methyl sites for hydroxylation is 3. The molecule has 0 fully saturated rings. The number of nitrogens with one attached hydrogen (secondary N) is 2. The Morgan fingerprint density at radius 3 is 2.54 bits per heavy atom. The van der Waals surface area contributed by atoms with Crippen molar-refractivity contribution in [3.05, 3.63) is 88.7 Å². The number of amides is 1. The molecular weight excluding hydrogens is 322 g/mol. The number of carbonyl (C=O) groups excluding carboxylic acids is 1. The van der Waals surface area contributed by atoms with E-state index < -0.39 is 0 Å². The predicted octanol–water partition coefficient (Wildman–Crippen LogP) is 4.68. The molecule has 0 aliphatic rings. The van der Waals surface area contributed by atoms with Crippen molar-refractivity contribution < 1.29 is 4.79 Å². The monoisotopic (exact) mass is 345 g/mol. The second kappa shape index (κ2) is 7.83. The van der Waals surface area contributed by atoms with Crippen LogP contribution in [0.4, 0.5) is 11.4 Å². The van der Waals surface area contributed by atoms with E-state index in [1.54, 1.807) is 12.3 Å². The molecule has 1 amide bonds. The molecule has 26 heavy (non-hydrogen) atoms. The molecular formula is C22H23N3O. The van der Waals surface area contributed by atoms with E-state index in [4.69, 9.17) is 0 Å². The van der Waals surface area contributed by atoms with Crippen LogP contribution in [0.5, 0.6) is 0 Å². The number of hydrogen-bond donors (Lipinski definition) is 2. The van der Waals surface area contributed by atoms with Gasteiger partial charge in [-0.05, 0) is 50.1 Å². The summed E-state index contributed by atoms with van der Waals surface area (Å²) in [4.78, 5) is 16.6. The Hall–Kier alpha value is -3.14. The van der Waals surface area contributed by atoms with Gasteiger partial charge in [0.05, 0.1) is 0 Å². The maximum absolute atomic E-state index is 12.4. The van der Waals surface area contributed by atoms with Gasteiger partial charge < -0.3 is 10.6 Å². The molecule has 0 aliphatic heterocycles. The van der Waals surface area contributed by atoms with E-state index in [1.165, 1.54) is 11.1 Å². The molecule has 0 atom stereocenters. The third-order valence-electron chi connectivity index (χ3n) is 4.19. The van der Waals surface area contributed by atoms with Crippen molar-refractivity contribution in [2.45, 2.75) is 27.3 Å². The molecule has 1 heterocycles. The predicted molar refractivity (Wildman–Crippen MR) is 106 cm³/mol. The lowest BCUT2D eigenvalue weighted by atomic mass is 10.1. The zero-order chi connectivity index (χ0) is 18.5. The molecule has 0 saturated heterocycles. The quantitative estimate of drug-likeness (QED) is 0.706. The summed E-state index contributed by atoms with van der Waals surface area (Å²) in [5, 5.41) is 6.28. The fourth-order valence-electron chi connectivity index (χ4n) is 2.84. The van der Waals surface area contributed by atoms with Crippen LogP contribution < -0.4 is 10.6 Å². The standard InChI is InChI=1S/C22H23N3O/c1-15-5-4-6-18(12-15)14-24-22(26)21-13-19(9-10-23-21)25-20-8-7-16(2)11-17(20)3/h4-13H,14H2,1-3H3,(H,23,25)(H,24,26). The smallest absolute Gasteiger partial charge is 0.270 e. The van der Waals surface area contributed by atoms with Crippen molar-refractivity contribution in [3.8, 4) is 0 Å². The molecule has 0 unspecified atom stereocenters. The molecule has 0 aliphatic carbocycles. The molecule has 0 bridgehead atoms. The molecule has 132 valence electrons. The van der Waals surface area contributed by atoms with Crippen LogP contribution in [0.3, 0.4) is 0 Å². The number of hydrogen-bond acceptors (Lipinski definition) is 3. The van der Waals surface area contributed by atoms with Gasteiger partial charge in [-0.25, -0.2) is 0 Å². The van der Waals surface area contributed by atoms with E-state index in [9.17, 15) is 4.79 Å². The summed E-state index contributed by atoms with van der Waals surface area (Å²) in [7, 11) is 0. The van der Waals surface area contributed by atoms with Crippen molar-refractivity contribution in [2.75, 3.05) is 5.32 Å². The van der Waals surface area contributed by atoms with Gasteiger partial charge in [-0.3, -0.25) is 9.78 Å². The van der Waals surface area contributed by atoms with Crippen LogP contribution in [-0.4, -0.2) is 10.9 Å². The zero-order valence-corrected chi connectivity index (χ0v) is 15.3. The maximum Gasteiger partial charge on any atom is 0.270 e. The van der Waals surface area contributed by atoms with Crippen LogP contribution in [0.1, 0.15) is 32.7 Å². The van der Waals surface area contributed by atoms with Crippen LogP contribution in [-0.2, 0) is 6.54 Å². The first-order valence-electron chi connectivity index (χ1n) is 8.65. The lowest BCUT2D eigenvalue weighted by Crippen LogP contribution is -2.23. The molecule has 1 aromatic heterocycles. The van der Waals surface area contributed by atoms with E-state index in [0.29, 0.717) is 12.2 Å². The third-order valence-corrected chi connectivity index (χ3v) is 4.19. The number of pyridine rings is 1. The first-order valence-corrected chi connectivity index (χ1v) is 8.65. The van der Waals surface area contributed by atoms with E-state index >= 15 is 0 Å². The number of carbonyl (C=O) groups is 1. The minimum Gasteiger partial charge on any atom is -0.355 e. The lowest BCUT2D eigenvalue weighted by Gasteiger charge is -2.11. The number of aromatic nitrogens is 1. The largest absolute Gasteiger partial charge is 0.355 e. The van der Waals surface area contributed by atoms with Crippen molar-refractivity contribution in [2.24, 2.45) is 0 Å². The van der Waals surface area contributed by atoms with Gasteiger partial charge in [0.15, 0.2) is 0 Å². The SMILES string of the molecule is Cc1cccc(CNC(=O)c2cc(Nc3ccc(C)cc3C)ccn2)c1. The lowest BCUT2D eigenvalue weighted by molar-refractivity contribution is 0.0946. The number of benzene rings is 2. The van der Waals surface area contributed by atoms with Gasteiger partial charge in [-0.2, -0.15) is 0 Å². The van der Waals surface area contributed by atoms with Gasteiger partial charge in [-0.15, -0.1) is 0 Å². The Morgan fingerprint density at radius 2 is 1.77 bits per heavy atom. The summed E-state index contributed by atoms with van der Waals surface area (Å²) in [6, 6.07) is 17.9. The number of nitrogens with zero attached hydrogens (tertiary/aromatic N) is 1. The second-order valence-corrected chi connectivity index (χ2v) is 6.54. The summed E-state index contributed by atoms with van der Waals surface area (Å²) in [5.41, 5.74) is 6.89. The molecule has 0 spiro atoms. The summed E-state index contributed by atoms with van der Waals surface area (Å²) >= 11 is 0. The van der Waals surface area contributed by atoms with E-state index in [-0.39, 0.29) is 5.91 Å². The van der Waals surface area contributed by atoms with Gasteiger partial charge in [0.1, 0.15) is 5.69 Å². The Kier molecular flexibility index (Phi) is 5.32. The summed E-state index contributed by atoms with van der Waals surface area (Å²) in [6.45, 7) is 6.65. The Morgan fingerprint density at radius 1 is 0.962 bits per heavy atom. The van der Waals surface area contributed by atoms with Crippen LogP contribution >= 0.6 is 0 Å². The first kappa shape index (κ1) is 17.7. The molecule has 2 N–H and O–H groups in total. The minimum absolute atomic E-state index is 0.184. The topological polar surface area (TPSA) is 54.0 Å². The average Bonchev–Trinajstić information content (AvgIpc) is 2.62. The minimum atomic E-state index is -0.184. The van der Waals surface area contributed by atoms with Crippen LogP contribution in [0.15, 0.2) is 60.8 Å². The van der Waals surface area contributed by atoms with Crippen molar-refractivity contribution in [3.63, 3.8) is 0 Å². The zero-order valence-electron chi connectivity index (χ0n) is 15.3. The highest BCUT2D eigenvalue weighted by molar-refractivity contribution is 5.93. The van der Waals surface area contributed by atoms with Crippen LogP contribution in [0.25, 0.3) is 0 Å². The molecule has 0 saturated carbocycles. The van der Waals surface area contributed by atoms with Gasteiger partial charge in [-0.1, -0.05) is 47.5 Å². The molecule has 2 aromatic carbocycles. The van der Waals surface area contributed by atoms with Crippen LogP contribution in [0.2, 0.25) is 0 Å².